The highest BCUT2D eigenvalue weighted by Gasteiger charge is 2.40. The molecule has 0 aromatic heterocycles. The lowest BCUT2D eigenvalue weighted by molar-refractivity contribution is -0.144. The fraction of sp³-hybridized carbons (Fsp3) is 0.346. The van der Waals surface area contributed by atoms with Crippen molar-refractivity contribution in [2.75, 3.05) is 13.2 Å². The van der Waals surface area contributed by atoms with Gasteiger partial charge in [0.05, 0.1) is 18.3 Å². The van der Waals surface area contributed by atoms with Crippen molar-refractivity contribution in [2.45, 2.75) is 39.3 Å². The first kappa shape index (κ1) is 24.2. The first-order valence-corrected chi connectivity index (χ1v) is 11.1. The topological polar surface area (TPSA) is 90.0 Å². The Hall–Kier alpha value is -3.45. The number of nitrogens with one attached hydrogen (secondary N) is 1. The number of amides is 3. The second kappa shape index (κ2) is 10.9. The molecule has 2 aromatic rings. The van der Waals surface area contributed by atoms with Gasteiger partial charge in [0.15, 0.2) is 0 Å². The fourth-order valence-electron chi connectivity index (χ4n) is 4.05. The van der Waals surface area contributed by atoms with E-state index in [2.05, 4.69) is 5.32 Å². The van der Waals surface area contributed by atoms with E-state index >= 15 is 0 Å². The Morgan fingerprint density at radius 2 is 1.64 bits per heavy atom. The van der Waals surface area contributed by atoms with Gasteiger partial charge in [-0.2, -0.15) is 0 Å². The number of hydrogen-bond donors (Lipinski definition) is 2. The third kappa shape index (κ3) is 5.87. The van der Waals surface area contributed by atoms with Gasteiger partial charge >= 0.3 is 0 Å². The number of hydrogen-bond acceptors (Lipinski definition) is 4. The van der Waals surface area contributed by atoms with Gasteiger partial charge in [-0.1, -0.05) is 74.5 Å². The van der Waals surface area contributed by atoms with Crippen LogP contribution in [0.5, 0.6) is 0 Å². The zero-order valence-electron chi connectivity index (χ0n) is 19.3. The van der Waals surface area contributed by atoms with E-state index in [9.17, 15) is 19.5 Å². The van der Waals surface area contributed by atoms with Gasteiger partial charge in [-0.3, -0.25) is 19.3 Å². The highest BCUT2D eigenvalue weighted by molar-refractivity contribution is 5.99. The van der Waals surface area contributed by atoms with Crippen LogP contribution >= 0.6 is 0 Å². The quantitative estimate of drug-likeness (QED) is 0.648. The molecular weight excluding hydrogens is 418 g/mol. The van der Waals surface area contributed by atoms with Gasteiger partial charge in [0, 0.05) is 13.1 Å². The molecule has 3 rings (SSSR count). The number of aliphatic hydroxyl groups is 1. The number of carbonyl (C=O) groups excluding carboxylic acids is 3. The maximum absolute atomic E-state index is 13.5. The number of rotatable bonds is 8. The average Bonchev–Trinajstić information content (AvgIpc) is 2.80. The van der Waals surface area contributed by atoms with Crippen LogP contribution in [0.4, 0.5) is 0 Å². The zero-order chi connectivity index (χ0) is 24.0. The summed E-state index contributed by atoms with van der Waals surface area (Å²) in [7, 11) is 0. The van der Waals surface area contributed by atoms with Gasteiger partial charge in [-0.25, -0.2) is 0 Å². The molecule has 33 heavy (non-hydrogen) atoms. The lowest BCUT2D eigenvalue weighted by Gasteiger charge is -2.40. The van der Waals surface area contributed by atoms with Crippen molar-refractivity contribution in [3.63, 3.8) is 0 Å². The Morgan fingerprint density at radius 1 is 1.03 bits per heavy atom. The molecule has 0 saturated heterocycles. The molecule has 7 nitrogen and oxygen atoms in total. The van der Waals surface area contributed by atoms with Crippen molar-refractivity contribution >= 4 is 23.4 Å². The fourth-order valence-corrected chi connectivity index (χ4v) is 4.05. The molecule has 0 fully saturated rings. The summed E-state index contributed by atoms with van der Waals surface area (Å²) >= 11 is 0. The van der Waals surface area contributed by atoms with Crippen LogP contribution in [0.2, 0.25) is 0 Å². The monoisotopic (exact) mass is 449 g/mol. The molecule has 0 spiro atoms. The zero-order valence-corrected chi connectivity index (χ0v) is 19.3. The number of carbonyl (C=O) groups is 3. The first-order chi connectivity index (χ1) is 15.8. The minimum atomic E-state index is -0.694. The van der Waals surface area contributed by atoms with Crippen LogP contribution in [0.1, 0.15) is 31.9 Å². The molecule has 1 aliphatic rings. The lowest BCUT2D eigenvalue weighted by Crippen LogP contribution is -2.56. The second-order valence-corrected chi connectivity index (χ2v) is 8.56. The Bertz CT molecular complexity index is 1000. The van der Waals surface area contributed by atoms with Gasteiger partial charge in [-0.05, 0) is 23.5 Å². The van der Waals surface area contributed by atoms with Gasteiger partial charge < -0.3 is 15.3 Å². The summed E-state index contributed by atoms with van der Waals surface area (Å²) in [6.45, 7) is 4.75. The standard InChI is InChI=1S/C26H31N3O4/c1-18(2)25-26(33)29(23(15-28(25)19(3)31)21-12-8-5-9-13-21)16-24(32)27-22(17-30)14-20-10-6-4-7-11-20/h4-13,15,18,22,25,30H,14,16-17H2,1-3H3,(H,27,32)/t22-,25-/m0/s1. The maximum Gasteiger partial charge on any atom is 0.250 e. The van der Waals surface area contributed by atoms with Gasteiger partial charge in [0.25, 0.3) is 5.91 Å². The van der Waals surface area contributed by atoms with E-state index in [4.69, 9.17) is 0 Å². The van der Waals surface area contributed by atoms with E-state index in [1.807, 2.05) is 74.5 Å². The van der Waals surface area contributed by atoms with E-state index in [0.29, 0.717) is 12.1 Å². The van der Waals surface area contributed by atoms with Crippen molar-refractivity contribution in [3.8, 4) is 0 Å². The molecule has 0 radical (unpaired) electrons. The van der Waals surface area contributed by atoms with Gasteiger partial charge in [-0.15, -0.1) is 0 Å². The molecular formula is C26H31N3O4. The molecule has 0 unspecified atom stereocenters. The van der Waals surface area contributed by atoms with Crippen molar-refractivity contribution in [3.05, 3.63) is 78.0 Å². The summed E-state index contributed by atoms with van der Waals surface area (Å²) in [5.74, 6) is -1.05. The summed E-state index contributed by atoms with van der Waals surface area (Å²) in [5.41, 5.74) is 2.22. The third-order valence-corrected chi connectivity index (χ3v) is 5.65. The molecule has 2 atom stereocenters. The van der Waals surface area contributed by atoms with E-state index in [1.54, 1.807) is 6.20 Å². The molecule has 0 aliphatic carbocycles. The lowest BCUT2D eigenvalue weighted by atomic mass is 9.97. The number of aliphatic hydroxyl groups excluding tert-OH is 1. The molecule has 2 N–H and O–H groups in total. The van der Waals surface area contributed by atoms with Crippen LogP contribution in [0, 0.1) is 5.92 Å². The minimum absolute atomic E-state index is 0.135. The van der Waals surface area contributed by atoms with E-state index in [1.165, 1.54) is 16.7 Å². The van der Waals surface area contributed by atoms with Crippen LogP contribution in [-0.2, 0) is 20.8 Å². The van der Waals surface area contributed by atoms with Crippen molar-refractivity contribution in [1.82, 2.24) is 15.1 Å². The second-order valence-electron chi connectivity index (χ2n) is 8.56. The van der Waals surface area contributed by atoms with E-state index in [-0.39, 0.29) is 36.8 Å². The van der Waals surface area contributed by atoms with Crippen molar-refractivity contribution in [2.24, 2.45) is 5.92 Å². The molecule has 2 aromatic carbocycles. The highest BCUT2D eigenvalue weighted by atomic mass is 16.3. The van der Waals surface area contributed by atoms with Gasteiger partial charge in [0.1, 0.15) is 12.6 Å². The molecule has 3 amide bonds. The van der Waals surface area contributed by atoms with Gasteiger partial charge in [0.2, 0.25) is 11.8 Å². The maximum atomic E-state index is 13.5. The molecule has 0 saturated carbocycles. The number of nitrogens with zero attached hydrogens (tertiary/aromatic N) is 2. The molecule has 1 aliphatic heterocycles. The molecule has 7 heteroatoms. The smallest absolute Gasteiger partial charge is 0.250 e. The van der Waals surface area contributed by atoms with Crippen LogP contribution in [-0.4, -0.2) is 57.9 Å². The van der Waals surface area contributed by atoms with Crippen LogP contribution in [0.3, 0.4) is 0 Å². The largest absolute Gasteiger partial charge is 0.394 e. The summed E-state index contributed by atoms with van der Waals surface area (Å²) < 4.78 is 0. The summed E-state index contributed by atoms with van der Waals surface area (Å²) in [6.07, 6.45) is 2.13. The van der Waals surface area contributed by atoms with Crippen LogP contribution in [0.25, 0.3) is 5.70 Å². The SMILES string of the molecule is CC(=O)N1C=C(c2ccccc2)N(CC(=O)N[C@H](CO)Cc2ccccc2)C(=O)[C@@H]1C(C)C. The summed E-state index contributed by atoms with van der Waals surface area (Å²) in [5, 5.41) is 12.6. The predicted octanol–water partition coefficient (Wildman–Crippen LogP) is 2.42. The summed E-state index contributed by atoms with van der Waals surface area (Å²) in [6, 6.07) is 17.6. The number of benzene rings is 2. The normalized spacial score (nSPS) is 17.1. The van der Waals surface area contributed by atoms with Crippen molar-refractivity contribution < 1.29 is 19.5 Å². The average molecular weight is 450 g/mol. The highest BCUT2D eigenvalue weighted by Crippen LogP contribution is 2.29. The predicted molar refractivity (Wildman–Crippen MR) is 126 cm³/mol. The van der Waals surface area contributed by atoms with Crippen molar-refractivity contribution in [1.29, 1.82) is 0 Å². The van der Waals surface area contributed by atoms with Crippen LogP contribution in [0.15, 0.2) is 66.9 Å². The molecule has 1 heterocycles. The van der Waals surface area contributed by atoms with E-state index < -0.39 is 12.1 Å². The molecule has 174 valence electrons. The Labute approximate surface area is 194 Å². The van der Waals surface area contributed by atoms with E-state index in [0.717, 1.165) is 11.1 Å². The Kier molecular flexibility index (Phi) is 8.01. The third-order valence-electron chi connectivity index (χ3n) is 5.65. The Morgan fingerprint density at radius 3 is 2.18 bits per heavy atom. The summed E-state index contributed by atoms with van der Waals surface area (Å²) in [4.78, 5) is 41.7. The molecule has 0 bridgehead atoms. The first-order valence-electron chi connectivity index (χ1n) is 11.1. The van der Waals surface area contributed by atoms with Crippen LogP contribution < -0.4 is 5.32 Å². The Balaban J connectivity index is 1.86. The minimum Gasteiger partial charge on any atom is -0.394 e.